The molecule has 0 aliphatic heterocycles. The van der Waals surface area contributed by atoms with Gasteiger partial charge in [-0.2, -0.15) is 0 Å². The minimum atomic E-state index is -1.34. The summed E-state index contributed by atoms with van der Waals surface area (Å²) in [4.78, 5) is 39.4. The number of hydrogen-bond acceptors (Lipinski definition) is 6. The van der Waals surface area contributed by atoms with E-state index in [0.29, 0.717) is 22.8 Å². The fraction of sp³-hybridized carbons (Fsp3) is 0. The Hall–Kier alpha value is -4.90. The molecule has 8 heteroatoms. The highest BCUT2D eigenvalue weighted by molar-refractivity contribution is 5.90. The van der Waals surface area contributed by atoms with Gasteiger partial charge in [-0.25, -0.2) is 24.5 Å². The number of hydrogen-bond donors (Lipinski definition) is 2. The van der Waals surface area contributed by atoms with E-state index in [4.69, 9.17) is 10.2 Å². The summed E-state index contributed by atoms with van der Waals surface area (Å²) >= 11 is 0. The number of carboxylic acid groups (broad SMARTS) is 2. The van der Waals surface area contributed by atoms with Gasteiger partial charge in [-0.1, -0.05) is 24.1 Å². The zero-order valence-corrected chi connectivity index (χ0v) is 16.4. The second kappa shape index (κ2) is 8.85. The van der Waals surface area contributed by atoms with Gasteiger partial charge in [-0.3, -0.25) is 4.98 Å². The summed E-state index contributed by atoms with van der Waals surface area (Å²) in [7, 11) is 0. The fourth-order valence-corrected chi connectivity index (χ4v) is 2.84. The number of carboxylic acids is 2. The number of aromatic nitrogens is 4. The van der Waals surface area contributed by atoms with Crippen LogP contribution in [0.3, 0.4) is 0 Å². The summed E-state index contributed by atoms with van der Waals surface area (Å²) in [5, 5.41) is 18.3. The highest BCUT2D eigenvalue weighted by Crippen LogP contribution is 2.20. The molecule has 0 amide bonds. The molecule has 0 radical (unpaired) electrons. The summed E-state index contributed by atoms with van der Waals surface area (Å²) < 4.78 is 0. The summed E-state index contributed by atoms with van der Waals surface area (Å²) in [6.45, 7) is 0. The maximum Gasteiger partial charge on any atom is 0.354 e. The number of pyridine rings is 4. The monoisotopic (exact) mass is 422 g/mol. The van der Waals surface area contributed by atoms with E-state index < -0.39 is 23.3 Å². The molecule has 0 saturated carbocycles. The topological polar surface area (TPSA) is 126 Å². The van der Waals surface area contributed by atoms with Crippen LogP contribution in [0, 0.1) is 11.8 Å². The zero-order chi connectivity index (χ0) is 22.5. The molecule has 0 unspecified atom stereocenters. The van der Waals surface area contributed by atoms with E-state index in [-0.39, 0.29) is 5.56 Å². The second-order valence-electron chi connectivity index (χ2n) is 6.52. The normalized spacial score (nSPS) is 10.1. The number of carbonyl (C=O) groups is 2. The molecule has 32 heavy (non-hydrogen) atoms. The lowest BCUT2D eigenvalue weighted by atomic mass is 10.1. The molecule has 4 heterocycles. The van der Waals surface area contributed by atoms with Gasteiger partial charge in [0.2, 0.25) is 0 Å². The third kappa shape index (κ3) is 4.63. The van der Waals surface area contributed by atoms with Gasteiger partial charge >= 0.3 is 11.9 Å². The van der Waals surface area contributed by atoms with Crippen LogP contribution in [0.2, 0.25) is 0 Å². The first kappa shape index (κ1) is 20.4. The van der Waals surface area contributed by atoms with Gasteiger partial charge in [0.05, 0.1) is 22.8 Å². The highest BCUT2D eigenvalue weighted by atomic mass is 16.4. The average molecular weight is 422 g/mol. The molecule has 0 bridgehead atoms. The summed E-state index contributed by atoms with van der Waals surface area (Å²) in [6.07, 6.45) is 1.70. The van der Waals surface area contributed by atoms with Crippen LogP contribution in [0.1, 0.15) is 32.2 Å². The Bertz CT molecular complexity index is 1360. The molecule has 154 valence electrons. The van der Waals surface area contributed by atoms with Crippen molar-refractivity contribution in [3.8, 4) is 34.6 Å². The molecular weight excluding hydrogens is 408 g/mol. The minimum absolute atomic E-state index is 0.206. The van der Waals surface area contributed by atoms with E-state index in [1.54, 1.807) is 24.4 Å². The van der Waals surface area contributed by atoms with Gasteiger partial charge in [-0.15, -0.1) is 0 Å². The molecule has 0 fully saturated rings. The van der Waals surface area contributed by atoms with E-state index >= 15 is 0 Å². The molecule has 4 aromatic heterocycles. The summed E-state index contributed by atoms with van der Waals surface area (Å²) in [5.74, 6) is 2.92. The van der Waals surface area contributed by atoms with Crippen molar-refractivity contribution in [2.75, 3.05) is 0 Å². The standard InChI is InChI=1S/C24H14N4O4/c29-23(30)21-13-15(14-22(28-21)24(31)32)10-11-16-5-3-7-19(26-16)20-9-4-8-18(27-20)17-6-1-2-12-25-17/h1-9,12-14H,(H,29,30)(H,31,32). The van der Waals surface area contributed by atoms with Gasteiger partial charge in [-0.05, 0) is 54.5 Å². The first-order chi connectivity index (χ1) is 15.5. The Morgan fingerprint density at radius 2 is 1.25 bits per heavy atom. The second-order valence-corrected chi connectivity index (χ2v) is 6.52. The zero-order valence-electron chi connectivity index (χ0n) is 16.4. The summed E-state index contributed by atoms with van der Waals surface area (Å²) in [5.41, 5.74) is 2.52. The molecule has 0 aromatic carbocycles. The van der Waals surface area contributed by atoms with Gasteiger partial charge in [0.25, 0.3) is 0 Å². The molecule has 4 rings (SSSR count). The van der Waals surface area contributed by atoms with Crippen molar-refractivity contribution in [1.29, 1.82) is 0 Å². The van der Waals surface area contributed by atoms with Gasteiger partial charge in [0, 0.05) is 11.8 Å². The maximum absolute atomic E-state index is 11.2. The quantitative estimate of drug-likeness (QED) is 0.479. The molecule has 8 nitrogen and oxygen atoms in total. The van der Waals surface area contributed by atoms with E-state index in [2.05, 4.69) is 31.8 Å². The lowest BCUT2D eigenvalue weighted by Crippen LogP contribution is -2.08. The Morgan fingerprint density at radius 1 is 0.656 bits per heavy atom. The van der Waals surface area contributed by atoms with E-state index in [1.807, 2.05) is 36.4 Å². The number of rotatable bonds is 4. The van der Waals surface area contributed by atoms with Gasteiger partial charge < -0.3 is 10.2 Å². The van der Waals surface area contributed by atoms with Crippen LogP contribution in [0.15, 0.2) is 72.9 Å². The number of nitrogens with zero attached hydrogens (tertiary/aromatic N) is 4. The van der Waals surface area contributed by atoms with Crippen LogP contribution >= 0.6 is 0 Å². The Kier molecular flexibility index (Phi) is 5.64. The largest absolute Gasteiger partial charge is 0.477 e. The van der Waals surface area contributed by atoms with E-state index in [9.17, 15) is 9.59 Å². The van der Waals surface area contributed by atoms with Crippen LogP contribution in [0.4, 0.5) is 0 Å². The van der Waals surface area contributed by atoms with Crippen LogP contribution in [-0.4, -0.2) is 42.1 Å². The van der Waals surface area contributed by atoms with Crippen molar-refractivity contribution < 1.29 is 19.8 Å². The molecule has 4 aromatic rings. The molecule has 2 N–H and O–H groups in total. The molecular formula is C24H14N4O4. The first-order valence-electron chi connectivity index (χ1n) is 9.36. The average Bonchev–Trinajstić information content (AvgIpc) is 2.83. The van der Waals surface area contributed by atoms with Crippen LogP contribution in [-0.2, 0) is 0 Å². The first-order valence-corrected chi connectivity index (χ1v) is 9.36. The van der Waals surface area contributed by atoms with Crippen molar-refractivity contribution >= 4 is 11.9 Å². The summed E-state index contributed by atoms with van der Waals surface area (Å²) in [6, 6.07) is 18.8. The van der Waals surface area contributed by atoms with Gasteiger partial charge in [0.15, 0.2) is 0 Å². The minimum Gasteiger partial charge on any atom is -0.477 e. The molecule has 0 saturated heterocycles. The predicted octanol–water partition coefficient (Wildman–Crippen LogP) is 3.40. The molecule has 0 aliphatic rings. The third-order valence-corrected chi connectivity index (χ3v) is 4.29. The fourth-order valence-electron chi connectivity index (χ4n) is 2.84. The van der Waals surface area contributed by atoms with Crippen LogP contribution < -0.4 is 0 Å². The lowest BCUT2D eigenvalue weighted by molar-refractivity contribution is 0.0685. The Labute approximate surface area is 182 Å². The molecule has 0 aliphatic carbocycles. The molecule has 0 spiro atoms. The van der Waals surface area contributed by atoms with Crippen molar-refractivity contribution in [2.24, 2.45) is 0 Å². The van der Waals surface area contributed by atoms with E-state index in [1.165, 1.54) is 12.1 Å². The van der Waals surface area contributed by atoms with Crippen molar-refractivity contribution in [1.82, 2.24) is 19.9 Å². The predicted molar refractivity (Wildman–Crippen MR) is 115 cm³/mol. The van der Waals surface area contributed by atoms with Crippen molar-refractivity contribution in [3.63, 3.8) is 0 Å². The van der Waals surface area contributed by atoms with Gasteiger partial charge in [0.1, 0.15) is 17.1 Å². The van der Waals surface area contributed by atoms with Crippen LogP contribution in [0.5, 0.6) is 0 Å². The number of aromatic carboxylic acids is 2. The lowest BCUT2D eigenvalue weighted by Gasteiger charge is -2.04. The smallest absolute Gasteiger partial charge is 0.354 e. The third-order valence-electron chi connectivity index (χ3n) is 4.29. The Balaban J connectivity index is 1.67. The molecule has 0 atom stereocenters. The SMILES string of the molecule is O=C(O)c1cc(C#Cc2cccc(-c3cccc(-c4ccccn4)n3)n2)cc(C(=O)O)n1. The van der Waals surface area contributed by atoms with Crippen molar-refractivity contribution in [2.45, 2.75) is 0 Å². The van der Waals surface area contributed by atoms with Crippen LogP contribution in [0.25, 0.3) is 22.8 Å². The Morgan fingerprint density at radius 3 is 1.88 bits per heavy atom. The maximum atomic E-state index is 11.2. The highest BCUT2D eigenvalue weighted by Gasteiger charge is 2.12. The van der Waals surface area contributed by atoms with E-state index in [0.717, 1.165) is 5.69 Å². The van der Waals surface area contributed by atoms with Crippen molar-refractivity contribution in [3.05, 3.63) is 95.6 Å².